The predicted molar refractivity (Wildman–Crippen MR) is 97.4 cm³/mol. The highest BCUT2D eigenvalue weighted by molar-refractivity contribution is 7.13. The summed E-state index contributed by atoms with van der Waals surface area (Å²) in [7, 11) is 0. The number of carbonyl (C=O) groups excluding carboxylic acids is 2. The zero-order valence-corrected chi connectivity index (χ0v) is 15.8. The van der Waals surface area contributed by atoms with Crippen LogP contribution in [0.3, 0.4) is 0 Å². The Hall–Kier alpha value is -2.82. The molecule has 0 aliphatic carbocycles. The number of hydrogen-bond donors (Lipinski definition) is 2. The number of nitrogens with one attached hydrogen (secondary N) is 2. The minimum absolute atomic E-state index is 0.0694. The van der Waals surface area contributed by atoms with Gasteiger partial charge in [0.05, 0.1) is 18.7 Å². The molecule has 0 saturated heterocycles. The van der Waals surface area contributed by atoms with E-state index in [0.29, 0.717) is 16.5 Å². The maximum atomic E-state index is 12.1. The summed E-state index contributed by atoms with van der Waals surface area (Å²) < 4.78 is 45.1. The van der Waals surface area contributed by atoms with Gasteiger partial charge < -0.3 is 14.8 Å². The van der Waals surface area contributed by atoms with Gasteiger partial charge in [-0.15, -0.1) is 24.5 Å². The van der Waals surface area contributed by atoms with Crippen molar-refractivity contribution in [2.45, 2.75) is 26.6 Å². The molecule has 1 aromatic carbocycles. The quantitative estimate of drug-likeness (QED) is 0.696. The molecule has 28 heavy (non-hydrogen) atoms. The molecular formula is C17H18F3N3O4S. The van der Waals surface area contributed by atoms with Gasteiger partial charge in [0.25, 0.3) is 0 Å². The van der Waals surface area contributed by atoms with Crippen molar-refractivity contribution in [3.63, 3.8) is 0 Å². The topological polar surface area (TPSA) is 89.5 Å². The summed E-state index contributed by atoms with van der Waals surface area (Å²) in [5, 5.41) is 6.92. The molecule has 152 valence electrons. The lowest BCUT2D eigenvalue weighted by Crippen LogP contribution is -2.17. The standard InChI is InChI=1S/C17H18F3N3O4S/c1-10(2)8-26-16(25)23-15-22-12(9-28-15)7-14(24)21-11-3-5-13(6-4-11)27-17(18,19)20/h3-6,9-10H,7-8H2,1-2H3,(H,21,24)(H,22,23,25). The lowest BCUT2D eigenvalue weighted by atomic mass is 10.2. The average Bonchev–Trinajstić information content (AvgIpc) is 3.00. The van der Waals surface area contributed by atoms with E-state index in [1.165, 1.54) is 12.1 Å². The van der Waals surface area contributed by atoms with E-state index in [0.717, 1.165) is 23.5 Å². The van der Waals surface area contributed by atoms with Gasteiger partial charge in [-0.1, -0.05) is 13.8 Å². The number of benzene rings is 1. The van der Waals surface area contributed by atoms with Gasteiger partial charge in [-0.05, 0) is 30.2 Å². The fraction of sp³-hybridized carbons (Fsp3) is 0.353. The largest absolute Gasteiger partial charge is 0.573 e. The normalized spacial score (nSPS) is 11.2. The van der Waals surface area contributed by atoms with Crippen LogP contribution in [0.4, 0.5) is 28.8 Å². The first-order valence-corrected chi connectivity index (χ1v) is 9.02. The first-order chi connectivity index (χ1) is 13.1. The lowest BCUT2D eigenvalue weighted by Gasteiger charge is -2.09. The maximum Gasteiger partial charge on any atom is 0.573 e. The van der Waals surface area contributed by atoms with Crippen molar-refractivity contribution in [2.24, 2.45) is 5.92 Å². The van der Waals surface area contributed by atoms with Crippen molar-refractivity contribution in [1.82, 2.24) is 4.98 Å². The second-order valence-corrected chi connectivity index (χ2v) is 6.92. The fourth-order valence-electron chi connectivity index (χ4n) is 1.92. The molecule has 0 fully saturated rings. The van der Waals surface area contributed by atoms with Crippen LogP contribution in [-0.2, 0) is 16.0 Å². The zero-order valence-electron chi connectivity index (χ0n) is 15.0. The van der Waals surface area contributed by atoms with E-state index in [2.05, 4.69) is 20.4 Å². The van der Waals surface area contributed by atoms with E-state index in [9.17, 15) is 22.8 Å². The summed E-state index contributed by atoms with van der Waals surface area (Å²) in [5.74, 6) is -0.593. The van der Waals surface area contributed by atoms with E-state index in [1.54, 1.807) is 5.38 Å². The second-order valence-electron chi connectivity index (χ2n) is 6.06. The number of aromatic nitrogens is 1. The molecule has 0 aliphatic heterocycles. The van der Waals surface area contributed by atoms with Gasteiger partial charge in [0, 0.05) is 11.1 Å². The molecule has 2 rings (SSSR count). The molecule has 1 heterocycles. The molecule has 11 heteroatoms. The Kier molecular flexibility index (Phi) is 7.21. The Morgan fingerprint density at radius 2 is 1.86 bits per heavy atom. The molecule has 0 aliphatic rings. The van der Waals surface area contributed by atoms with E-state index in [-0.39, 0.29) is 24.7 Å². The summed E-state index contributed by atoms with van der Waals surface area (Å²) in [6.07, 6.45) is -5.47. The van der Waals surface area contributed by atoms with Crippen molar-refractivity contribution in [1.29, 1.82) is 0 Å². The smallest absolute Gasteiger partial charge is 0.449 e. The molecule has 0 unspecified atom stereocenters. The van der Waals surface area contributed by atoms with Crippen molar-refractivity contribution in [3.05, 3.63) is 35.3 Å². The van der Waals surface area contributed by atoms with Crippen molar-refractivity contribution < 1.29 is 32.2 Å². The highest BCUT2D eigenvalue weighted by atomic mass is 32.1. The summed E-state index contributed by atoms with van der Waals surface area (Å²) in [6, 6.07) is 4.77. The number of ether oxygens (including phenoxy) is 2. The number of rotatable bonds is 7. The first kappa shape index (κ1) is 21.5. The number of hydrogen-bond acceptors (Lipinski definition) is 6. The Labute approximate surface area is 162 Å². The third-order valence-corrected chi connectivity index (χ3v) is 3.83. The molecule has 2 amide bonds. The minimum Gasteiger partial charge on any atom is -0.449 e. The Morgan fingerprint density at radius 3 is 2.46 bits per heavy atom. The Balaban J connectivity index is 1.83. The summed E-state index contributed by atoms with van der Waals surface area (Å²) in [4.78, 5) is 27.7. The van der Waals surface area contributed by atoms with Crippen LogP contribution in [0.2, 0.25) is 0 Å². The first-order valence-electron chi connectivity index (χ1n) is 8.14. The SMILES string of the molecule is CC(C)COC(=O)Nc1nc(CC(=O)Nc2ccc(OC(F)(F)F)cc2)cs1. The van der Waals surface area contributed by atoms with Gasteiger partial charge in [-0.2, -0.15) is 0 Å². The van der Waals surface area contributed by atoms with Gasteiger partial charge in [0.1, 0.15) is 5.75 Å². The van der Waals surface area contributed by atoms with Crippen LogP contribution < -0.4 is 15.4 Å². The van der Waals surface area contributed by atoms with Gasteiger partial charge >= 0.3 is 12.5 Å². The number of anilines is 2. The highest BCUT2D eigenvalue weighted by Gasteiger charge is 2.30. The van der Waals surface area contributed by atoms with Gasteiger partial charge in [0.15, 0.2) is 5.13 Å². The van der Waals surface area contributed by atoms with E-state index >= 15 is 0 Å². The summed E-state index contributed by atoms with van der Waals surface area (Å²) in [5.41, 5.74) is 0.740. The molecule has 0 saturated carbocycles. The third-order valence-electron chi connectivity index (χ3n) is 3.02. The van der Waals surface area contributed by atoms with E-state index in [1.807, 2.05) is 13.8 Å². The molecular weight excluding hydrogens is 399 g/mol. The van der Waals surface area contributed by atoms with E-state index in [4.69, 9.17) is 4.74 Å². The van der Waals surface area contributed by atoms with Crippen LogP contribution in [0.5, 0.6) is 5.75 Å². The number of amides is 2. The van der Waals surface area contributed by atoms with Crippen LogP contribution in [0.15, 0.2) is 29.6 Å². The van der Waals surface area contributed by atoms with Crippen LogP contribution >= 0.6 is 11.3 Å². The third kappa shape index (κ3) is 7.82. The number of carbonyl (C=O) groups is 2. The van der Waals surface area contributed by atoms with Gasteiger partial charge in [-0.3, -0.25) is 10.1 Å². The molecule has 0 atom stereocenters. The number of alkyl halides is 3. The number of nitrogens with zero attached hydrogens (tertiary/aromatic N) is 1. The maximum absolute atomic E-state index is 12.1. The second kappa shape index (κ2) is 9.40. The Morgan fingerprint density at radius 1 is 1.18 bits per heavy atom. The monoisotopic (exact) mass is 417 g/mol. The summed E-state index contributed by atoms with van der Waals surface area (Å²) >= 11 is 1.14. The van der Waals surface area contributed by atoms with E-state index < -0.39 is 18.4 Å². The predicted octanol–water partition coefficient (Wildman–Crippen LogP) is 4.43. The molecule has 1 aromatic heterocycles. The van der Waals surface area contributed by atoms with Crippen LogP contribution in [0, 0.1) is 5.92 Å². The van der Waals surface area contributed by atoms with Crippen molar-refractivity contribution in [3.8, 4) is 5.75 Å². The molecule has 2 aromatic rings. The molecule has 0 bridgehead atoms. The molecule has 7 nitrogen and oxygen atoms in total. The van der Waals surface area contributed by atoms with Crippen molar-refractivity contribution >= 4 is 34.2 Å². The van der Waals surface area contributed by atoms with Crippen molar-refractivity contribution in [2.75, 3.05) is 17.2 Å². The minimum atomic E-state index is -4.78. The van der Waals surface area contributed by atoms with Crippen LogP contribution in [-0.4, -0.2) is 30.0 Å². The van der Waals surface area contributed by atoms with Gasteiger partial charge in [0.2, 0.25) is 5.91 Å². The lowest BCUT2D eigenvalue weighted by molar-refractivity contribution is -0.274. The highest BCUT2D eigenvalue weighted by Crippen LogP contribution is 2.24. The Bertz CT molecular complexity index is 807. The molecule has 0 spiro atoms. The number of thiazole rings is 1. The molecule has 0 radical (unpaired) electrons. The molecule has 2 N–H and O–H groups in total. The summed E-state index contributed by atoms with van der Waals surface area (Å²) in [6.45, 7) is 4.09. The van der Waals surface area contributed by atoms with Gasteiger partial charge in [-0.25, -0.2) is 9.78 Å². The fourth-order valence-corrected chi connectivity index (χ4v) is 2.62. The van der Waals surface area contributed by atoms with Crippen LogP contribution in [0.25, 0.3) is 0 Å². The van der Waals surface area contributed by atoms with Crippen LogP contribution in [0.1, 0.15) is 19.5 Å². The number of halogens is 3. The average molecular weight is 417 g/mol. The zero-order chi connectivity index (χ0) is 20.7.